The second-order valence-electron chi connectivity index (χ2n) is 6.73. The molecule has 1 N–H and O–H groups in total. The molecule has 1 atom stereocenters. The van der Waals surface area contributed by atoms with Crippen molar-refractivity contribution >= 4 is 0 Å². The molecule has 1 unspecified atom stereocenters. The Kier molecular flexibility index (Phi) is 4.91. The predicted octanol–water partition coefficient (Wildman–Crippen LogP) is 2.06. The number of aryl methyl sites for hydroxylation is 1. The average Bonchev–Trinajstić information content (AvgIpc) is 2.42. The van der Waals surface area contributed by atoms with E-state index < -0.39 is 6.10 Å². The molecule has 2 rings (SSSR count). The summed E-state index contributed by atoms with van der Waals surface area (Å²) in [6.07, 6.45) is -0.515. The van der Waals surface area contributed by atoms with Crippen LogP contribution < -0.4 is 4.74 Å². The lowest BCUT2D eigenvalue weighted by atomic mass is 9.98. The molecule has 1 heterocycles. The zero-order chi connectivity index (χ0) is 15.6. The van der Waals surface area contributed by atoms with Crippen molar-refractivity contribution in [2.75, 3.05) is 40.3 Å². The van der Waals surface area contributed by atoms with Crippen molar-refractivity contribution in [2.24, 2.45) is 0 Å². The minimum Gasteiger partial charge on any atom is -0.496 e. The molecule has 1 aromatic rings. The van der Waals surface area contributed by atoms with Gasteiger partial charge in [0, 0.05) is 37.3 Å². The van der Waals surface area contributed by atoms with Crippen LogP contribution in [0.1, 0.15) is 31.1 Å². The van der Waals surface area contributed by atoms with E-state index in [2.05, 4.69) is 30.7 Å². The number of nitrogens with zero attached hydrogens (tertiary/aromatic N) is 2. The average molecular weight is 292 g/mol. The van der Waals surface area contributed by atoms with Crippen LogP contribution >= 0.6 is 0 Å². The number of rotatable bonds is 4. The Morgan fingerprint density at radius 1 is 1.33 bits per heavy atom. The summed E-state index contributed by atoms with van der Waals surface area (Å²) in [7, 11) is 3.82. The van der Waals surface area contributed by atoms with Crippen molar-refractivity contribution < 1.29 is 9.84 Å². The van der Waals surface area contributed by atoms with Crippen LogP contribution in [0, 0.1) is 6.92 Å². The van der Waals surface area contributed by atoms with E-state index in [1.165, 1.54) is 0 Å². The topological polar surface area (TPSA) is 35.9 Å². The molecule has 0 amide bonds. The lowest BCUT2D eigenvalue weighted by Gasteiger charge is -2.45. The zero-order valence-corrected chi connectivity index (χ0v) is 13.9. The standard InChI is InChI=1S/C17H28N2O2/c1-13-6-7-16(21-5)14(10-13)15(20)11-19-9-8-18(4)17(2,3)12-19/h6-7,10,15,20H,8-9,11-12H2,1-5H3. The summed E-state index contributed by atoms with van der Waals surface area (Å²) in [5, 5.41) is 10.6. The summed E-state index contributed by atoms with van der Waals surface area (Å²) in [5.41, 5.74) is 2.17. The van der Waals surface area contributed by atoms with Gasteiger partial charge >= 0.3 is 0 Å². The molecule has 1 saturated heterocycles. The minimum absolute atomic E-state index is 0.147. The molecular formula is C17H28N2O2. The minimum atomic E-state index is -0.515. The molecule has 0 aromatic heterocycles. The van der Waals surface area contributed by atoms with Crippen molar-refractivity contribution in [3.05, 3.63) is 29.3 Å². The highest BCUT2D eigenvalue weighted by atomic mass is 16.5. The van der Waals surface area contributed by atoms with Crippen molar-refractivity contribution in [3.8, 4) is 5.75 Å². The summed E-state index contributed by atoms with van der Waals surface area (Å²) in [6, 6.07) is 5.96. The summed E-state index contributed by atoms with van der Waals surface area (Å²) >= 11 is 0. The van der Waals surface area contributed by atoms with Crippen molar-refractivity contribution in [3.63, 3.8) is 0 Å². The number of hydrogen-bond acceptors (Lipinski definition) is 4. The molecule has 0 aliphatic carbocycles. The number of aliphatic hydroxyl groups excluding tert-OH is 1. The molecule has 4 heteroatoms. The van der Waals surface area contributed by atoms with E-state index in [0.717, 1.165) is 36.5 Å². The number of piperazine rings is 1. The number of ether oxygens (including phenoxy) is 1. The zero-order valence-electron chi connectivity index (χ0n) is 13.9. The van der Waals surface area contributed by atoms with Gasteiger partial charge in [-0.2, -0.15) is 0 Å². The Balaban J connectivity index is 2.08. The van der Waals surface area contributed by atoms with Gasteiger partial charge in [0.05, 0.1) is 13.2 Å². The van der Waals surface area contributed by atoms with E-state index in [4.69, 9.17) is 4.74 Å². The van der Waals surface area contributed by atoms with Gasteiger partial charge in [-0.15, -0.1) is 0 Å². The number of hydrogen-bond donors (Lipinski definition) is 1. The predicted molar refractivity (Wildman–Crippen MR) is 85.8 cm³/mol. The van der Waals surface area contributed by atoms with Crippen LogP contribution in [-0.2, 0) is 0 Å². The molecule has 0 bridgehead atoms. The number of benzene rings is 1. The van der Waals surface area contributed by atoms with Crippen LogP contribution in [0.2, 0.25) is 0 Å². The molecule has 1 aliphatic heterocycles. The third-order valence-electron chi connectivity index (χ3n) is 4.57. The highest BCUT2D eigenvalue weighted by Crippen LogP contribution is 2.28. The third-order valence-corrected chi connectivity index (χ3v) is 4.57. The Labute approximate surface area is 128 Å². The summed E-state index contributed by atoms with van der Waals surface area (Å²) in [5.74, 6) is 0.765. The Morgan fingerprint density at radius 2 is 2.05 bits per heavy atom. The first-order chi connectivity index (χ1) is 9.83. The largest absolute Gasteiger partial charge is 0.496 e. The first-order valence-electron chi connectivity index (χ1n) is 7.59. The highest BCUT2D eigenvalue weighted by Gasteiger charge is 2.32. The fraction of sp³-hybridized carbons (Fsp3) is 0.647. The van der Waals surface area contributed by atoms with E-state index in [9.17, 15) is 5.11 Å². The second-order valence-corrected chi connectivity index (χ2v) is 6.73. The SMILES string of the molecule is COc1ccc(C)cc1C(O)CN1CCN(C)C(C)(C)C1. The van der Waals surface area contributed by atoms with E-state index in [0.29, 0.717) is 6.54 Å². The van der Waals surface area contributed by atoms with Gasteiger partial charge in [-0.1, -0.05) is 11.6 Å². The maximum absolute atomic E-state index is 10.6. The Morgan fingerprint density at radius 3 is 2.67 bits per heavy atom. The number of methoxy groups -OCH3 is 1. The normalized spacial score (nSPS) is 21.2. The van der Waals surface area contributed by atoms with Crippen LogP contribution in [0.5, 0.6) is 5.75 Å². The number of likely N-dealkylation sites (N-methyl/N-ethyl adjacent to an activating group) is 1. The van der Waals surface area contributed by atoms with Crippen LogP contribution in [0.25, 0.3) is 0 Å². The quantitative estimate of drug-likeness (QED) is 0.921. The van der Waals surface area contributed by atoms with Gasteiger partial charge in [0.1, 0.15) is 5.75 Å². The fourth-order valence-electron chi connectivity index (χ4n) is 2.95. The number of aliphatic hydroxyl groups is 1. The van der Waals surface area contributed by atoms with E-state index in [-0.39, 0.29) is 5.54 Å². The van der Waals surface area contributed by atoms with Gasteiger partial charge in [-0.25, -0.2) is 0 Å². The molecule has 4 nitrogen and oxygen atoms in total. The molecule has 0 spiro atoms. The van der Waals surface area contributed by atoms with Crippen molar-refractivity contribution in [1.29, 1.82) is 0 Å². The molecule has 0 saturated carbocycles. The van der Waals surface area contributed by atoms with Crippen LogP contribution in [0.3, 0.4) is 0 Å². The van der Waals surface area contributed by atoms with E-state index >= 15 is 0 Å². The fourth-order valence-corrected chi connectivity index (χ4v) is 2.95. The molecule has 0 radical (unpaired) electrons. The van der Waals surface area contributed by atoms with Crippen LogP contribution in [0.15, 0.2) is 18.2 Å². The van der Waals surface area contributed by atoms with E-state index in [1.807, 2.05) is 25.1 Å². The molecule has 1 aromatic carbocycles. The lowest BCUT2D eigenvalue weighted by Crippen LogP contribution is -2.58. The van der Waals surface area contributed by atoms with Gasteiger partial charge in [-0.3, -0.25) is 9.80 Å². The molecular weight excluding hydrogens is 264 g/mol. The third kappa shape index (κ3) is 3.76. The van der Waals surface area contributed by atoms with Crippen molar-refractivity contribution in [2.45, 2.75) is 32.4 Å². The molecule has 1 aliphatic rings. The molecule has 1 fully saturated rings. The first-order valence-corrected chi connectivity index (χ1v) is 7.59. The molecule has 21 heavy (non-hydrogen) atoms. The van der Waals surface area contributed by atoms with Gasteiger partial charge in [0.2, 0.25) is 0 Å². The van der Waals surface area contributed by atoms with Crippen LogP contribution in [-0.4, -0.2) is 60.8 Å². The summed E-state index contributed by atoms with van der Waals surface area (Å²) in [6.45, 7) is 10.2. The maximum atomic E-state index is 10.6. The number of β-amino-alcohol motifs (C(OH)–C–C–N with tert-alkyl or cyclic N) is 1. The Bertz CT molecular complexity index is 488. The maximum Gasteiger partial charge on any atom is 0.124 e. The smallest absolute Gasteiger partial charge is 0.124 e. The highest BCUT2D eigenvalue weighted by molar-refractivity contribution is 5.38. The Hall–Kier alpha value is -1.10. The lowest BCUT2D eigenvalue weighted by molar-refractivity contribution is 0.0137. The summed E-state index contributed by atoms with van der Waals surface area (Å²) in [4.78, 5) is 4.72. The monoisotopic (exact) mass is 292 g/mol. The first kappa shape index (κ1) is 16.3. The van der Waals surface area contributed by atoms with E-state index in [1.54, 1.807) is 7.11 Å². The van der Waals surface area contributed by atoms with Gasteiger partial charge < -0.3 is 9.84 Å². The van der Waals surface area contributed by atoms with Gasteiger partial charge in [0.25, 0.3) is 0 Å². The van der Waals surface area contributed by atoms with Crippen molar-refractivity contribution in [1.82, 2.24) is 9.80 Å². The summed E-state index contributed by atoms with van der Waals surface area (Å²) < 4.78 is 5.38. The molecule has 118 valence electrons. The van der Waals surface area contributed by atoms with Gasteiger partial charge in [-0.05, 0) is 40.0 Å². The second kappa shape index (κ2) is 6.34. The van der Waals surface area contributed by atoms with Crippen LogP contribution in [0.4, 0.5) is 0 Å². The van der Waals surface area contributed by atoms with Gasteiger partial charge in [0.15, 0.2) is 0 Å².